The molecular formula is C20H24O2. The van der Waals surface area contributed by atoms with Gasteiger partial charge in [-0.05, 0) is 23.1 Å². The third kappa shape index (κ3) is 4.54. The largest absolute Gasteiger partial charge is 0.392 e. The summed E-state index contributed by atoms with van der Waals surface area (Å²) in [6.07, 6.45) is 0.107. The van der Waals surface area contributed by atoms with E-state index >= 15 is 0 Å². The number of aliphatic hydroxyl groups is 1. The first-order valence-corrected chi connectivity index (χ1v) is 7.72. The quantitative estimate of drug-likeness (QED) is 0.895. The van der Waals surface area contributed by atoms with Crippen LogP contribution in [0.15, 0.2) is 54.6 Å². The minimum Gasteiger partial charge on any atom is -0.392 e. The number of aliphatic hydroxyl groups excluding tert-OH is 1. The Morgan fingerprint density at radius 2 is 1.50 bits per heavy atom. The van der Waals surface area contributed by atoms with Crippen molar-refractivity contribution in [3.8, 4) is 11.1 Å². The molecule has 1 N–H and O–H groups in total. The van der Waals surface area contributed by atoms with Crippen molar-refractivity contribution in [2.75, 3.05) is 0 Å². The van der Waals surface area contributed by atoms with Gasteiger partial charge in [0.05, 0.1) is 6.10 Å². The van der Waals surface area contributed by atoms with Gasteiger partial charge in [0, 0.05) is 11.8 Å². The Labute approximate surface area is 132 Å². The summed E-state index contributed by atoms with van der Waals surface area (Å²) in [5, 5.41) is 10.1. The molecule has 0 bridgehead atoms. The van der Waals surface area contributed by atoms with Gasteiger partial charge in [0.1, 0.15) is 5.78 Å². The molecule has 1 atom stereocenters. The Kier molecular flexibility index (Phi) is 5.15. The number of hydrogen-bond donors (Lipinski definition) is 1. The zero-order chi connectivity index (χ0) is 16.2. The van der Waals surface area contributed by atoms with Gasteiger partial charge in [0.2, 0.25) is 0 Å². The lowest BCUT2D eigenvalue weighted by Crippen LogP contribution is -2.26. The van der Waals surface area contributed by atoms with Crippen LogP contribution >= 0.6 is 0 Å². The highest BCUT2D eigenvalue weighted by atomic mass is 16.3. The molecule has 0 aliphatic rings. The SMILES string of the molecule is CC(C)(C)C(=O)C[C@H](O)Cc1ccc(-c2ccccc2)cc1. The van der Waals surface area contributed by atoms with Crippen LogP contribution in [-0.4, -0.2) is 17.0 Å². The molecule has 0 spiro atoms. The van der Waals surface area contributed by atoms with Crippen molar-refractivity contribution in [3.63, 3.8) is 0 Å². The van der Waals surface area contributed by atoms with Crippen LogP contribution in [0.1, 0.15) is 32.8 Å². The van der Waals surface area contributed by atoms with Gasteiger partial charge in [-0.15, -0.1) is 0 Å². The van der Waals surface area contributed by atoms with Crippen LogP contribution in [-0.2, 0) is 11.2 Å². The third-order valence-corrected chi connectivity index (χ3v) is 3.79. The van der Waals surface area contributed by atoms with Crippen molar-refractivity contribution in [1.82, 2.24) is 0 Å². The number of carbonyl (C=O) groups excluding carboxylic acids is 1. The molecule has 2 heteroatoms. The van der Waals surface area contributed by atoms with Crippen LogP contribution in [0.5, 0.6) is 0 Å². The molecule has 0 fully saturated rings. The summed E-state index contributed by atoms with van der Waals surface area (Å²) in [5.74, 6) is 0.0981. The van der Waals surface area contributed by atoms with Gasteiger partial charge >= 0.3 is 0 Å². The van der Waals surface area contributed by atoms with Gasteiger partial charge in [-0.1, -0.05) is 75.4 Å². The maximum absolute atomic E-state index is 11.9. The number of benzene rings is 2. The van der Waals surface area contributed by atoms with E-state index in [0.717, 1.165) is 11.1 Å². The number of carbonyl (C=O) groups is 1. The van der Waals surface area contributed by atoms with E-state index in [4.69, 9.17) is 0 Å². The van der Waals surface area contributed by atoms with Gasteiger partial charge in [0.15, 0.2) is 0 Å². The summed E-state index contributed by atoms with van der Waals surface area (Å²) in [7, 11) is 0. The fourth-order valence-corrected chi connectivity index (χ4v) is 2.33. The van der Waals surface area contributed by atoms with Crippen LogP contribution < -0.4 is 0 Å². The number of Topliss-reactive ketones (excluding diaryl/α,β-unsaturated/α-hetero) is 1. The van der Waals surface area contributed by atoms with E-state index in [9.17, 15) is 9.90 Å². The summed E-state index contributed by atoms with van der Waals surface area (Å²) < 4.78 is 0. The Hall–Kier alpha value is -1.93. The second kappa shape index (κ2) is 6.89. The first-order valence-electron chi connectivity index (χ1n) is 7.72. The number of hydrogen-bond acceptors (Lipinski definition) is 2. The fraction of sp³-hybridized carbons (Fsp3) is 0.350. The molecular weight excluding hydrogens is 272 g/mol. The molecule has 22 heavy (non-hydrogen) atoms. The Morgan fingerprint density at radius 3 is 2.05 bits per heavy atom. The molecule has 0 unspecified atom stereocenters. The lowest BCUT2D eigenvalue weighted by Gasteiger charge is -2.19. The van der Waals surface area contributed by atoms with Crippen LogP contribution in [0.2, 0.25) is 0 Å². The molecule has 2 aromatic carbocycles. The van der Waals surface area contributed by atoms with Crippen LogP contribution in [0.25, 0.3) is 11.1 Å². The van der Waals surface area contributed by atoms with Crippen LogP contribution in [0.4, 0.5) is 0 Å². The minimum atomic E-state index is -0.616. The summed E-state index contributed by atoms with van der Waals surface area (Å²) in [4.78, 5) is 11.9. The molecule has 0 aliphatic carbocycles. The summed E-state index contributed by atoms with van der Waals surface area (Å²) in [6.45, 7) is 5.66. The fourth-order valence-electron chi connectivity index (χ4n) is 2.33. The van der Waals surface area contributed by atoms with Crippen molar-refractivity contribution < 1.29 is 9.90 Å². The molecule has 0 aliphatic heterocycles. The average molecular weight is 296 g/mol. The predicted octanol–water partition coefficient (Wildman–Crippen LogP) is 4.26. The first kappa shape index (κ1) is 16.4. The predicted molar refractivity (Wildman–Crippen MR) is 90.7 cm³/mol. The summed E-state index contributed by atoms with van der Waals surface area (Å²) >= 11 is 0. The molecule has 2 rings (SSSR count). The van der Waals surface area contributed by atoms with Crippen molar-refractivity contribution >= 4 is 5.78 Å². The van der Waals surface area contributed by atoms with Gasteiger partial charge in [-0.25, -0.2) is 0 Å². The van der Waals surface area contributed by atoms with Crippen molar-refractivity contribution in [1.29, 1.82) is 0 Å². The van der Waals surface area contributed by atoms with Crippen LogP contribution in [0.3, 0.4) is 0 Å². The van der Waals surface area contributed by atoms with Gasteiger partial charge in [0.25, 0.3) is 0 Å². The maximum Gasteiger partial charge on any atom is 0.140 e. The van der Waals surface area contributed by atoms with E-state index in [1.807, 2.05) is 51.1 Å². The van der Waals surface area contributed by atoms with E-state index in [1.165, 1.54) is 5.56 Å². The van der Waals surface area contributed by atoms with Gasteiger partial charge in [-0.3, -0.25) is 4.79 Å². The molecule has 2 aromatic rings. The zero-order valence-electron chi connectivity index (χ0n) is 13.5. The van der Waals surface area contributed by atoms with Crippen LogP contribution in [0, 0.1) is 5.41 Å². The molecule has 116 valence electrons. The van der Waals surface area contributed by atoms with E-state index in [2.05, 4.69) is 24.3 Å². The second-order valence-electron chi connectivity index (χ2n) is 6.80. The molecule has 0 aromatic heterocycles. The molecule has 0 saturated heterocycles. The van der Waals surface area contributed by atoms with E-state index in [-0.39, 0.29) is 12.2 Å². The summed E-state index contributed by atoms with van der Waals surface area (Å²) in [6, 6.07) is 18.3. The lowest BCUT2D eigenvalue weighted by atomic mass is 9.86. The van der Waals surface area contributed by atoms with E-state index in [0.29, 0.717) is 6.42 Å². The highest BCUT2D eigenvalue weighted by Crippen LogP contribution is 2.21. The minimum absolute atomic E-state index is 0.0981. The van der Waals surface area contributed by atoms with Crippen molar-refractivity contribution in [3.05, 3.63) is 60.2 Å². The third-order valence-electron chi connectivity index (χ3n) is 3.79. The zero-order valence-corrected chi connectivity index (χ0v) is 13.5. The topological polar surface area (TPSA) is 37.3 Å². The van der Waals surface area contributed by atoms with Gasteiger partial charge in [-0.2, -0.15) is 0 Å². The van der Waals surface area contributed by atoms with E-state index in [1.54, 1.807) is 0 Å². The molecule has 0 saturated carbocycles. The molecule has 0 amide bonds. The Bertz CT molecular complexity index is 606. The number of ketones is 1. The monoisotopic (exact) mass is 296 g/mol. The second-order valence-corrected chi connectivity index (χ2v) is 6.80. The highest BCUT2D eigenvalue weighted by molar-refractivity contribution is 5.84. The highest BCUT2D eigenvalue weighted by Gasteiger charge is 2.23. The average Bonchev–Trinajstić information content (AvgIpc) is 2.48. The van der Waals surface area contributed by atoms with Crippen molar-refractivity contribution in [2.45, 2.75) is 39.7 Å². The maximum atomic E-state index is 11.9. The smallest absolute Gasteiger partial charge is 0.140 e. The number of rotatable bonds is 5. The normalized spacial score (nSPS) is 12.9. The molecule has 2 nitrogen and oxygen atoms in total. The first-order chi connectivity index (χ1) is 10.4. The Morgan fingerprint density at radius 1 is 0.955 bits per heavy atom. The Balaban J connectivity index is 1.98. The molecule has 0 heterocycles. The van der Waals surface area contributed by atoms with Gasteiger partial charge < -0.3 is 5.11 Å². The molecule has 0 radical (unpaired) electrons. The lowest BCUT2D eigenvalue weighted by molar-refractivity contribution is -0.128. The summed E-state index contributed by atoms with van der Waals surface area (Å²) in [5.41, 5.74) is 2.99. The van der Waals surface area contributed by atoms with E-state index < -0.39 is 11.5 Å². The van der Waals surface area contributed by atoms with Crippen molar-refractivity contribution in [2.24, 2.45) is 5.41 Å². The standard InChI is InChI=1S/C20H24O2/c1-20(2,3)19(22)14-18(21)13-15-9-11-17(12-10-15)16-7-5-4-6-8-16/h4-12,18,21H,13-14H2,1-3H3/t18-/m1/s1.